The highest BCUT2D eigenvalue weighted by Crippen LogP contribution is 2.60. The Bertz CT molecular complexity index is 1820. The van der Waals surface area contributed by atoms with Crippen molar-refractivity contribution in [2.24, 2.45) is 11.3 Å². The van der Waals surface area contributed by atoms with Crippen LogP contribution in [0.15, 0.2) is 24.5 Å². The second kappa shape index (κ2) is 11.7. The lowest BCUT2D eigenvalue weighted by molar-refractivity contribution is -0.0679. The molecule has 9 rings (SSSR count). The fourth-order valence-corrected chi connectivity index (χ4v) is 8.30. The molecule has 0 radical (unpaired) electrons. The molecule has 250 valence electrons. The van der Waals surface area contributed by atoms with E-state index in [0.717, 1.165) is 53.3 Å². The number of hydrogen-bond acceptors (Lipinski definition) is 10. The Hall–Kier alpha value is -3.23. The van der Waals surface area contributed by atoms with Gasteiger partial charge in [0, 0.05) is 67.4 Å². The smallest absolute Gasteiger partial charge is 0.318 e. The SMILES string of the molecule is CN(C)C[C@@]1(COc2nc3c4cnc(cc4n2)-c2c(c(Cl)cc4[nH]ncc24)CCCOCC(O)N2CC[C@@H]4CCN3C[C@@H]42)CC1(F)F. The van der Waals surface area contributed by atoms with E-state index in [2.05, 4.69) is 20.0 Å². The van der Waals surface area contributed by atoms with Gasteiger partial charge in [-0.1, -0.05) is 11.6 Å². The summed E-state index contributed by atoms with van der Waals surface area (Å²) in [5, 5.41) is 20.7. The molecule has 11 nitrogen and oxygen atoms in total. The third-order valence-electron chi connectivity index (χ3n) is 10.5. The Kier molecular flexibility index (Phi) is 7.75. The van der Waals surface area contributed by atoms with Crippen LogP contribution in [0.3, 0.4) is 0 Å². The fourth-order valence-electron chi connectivity index (χ4n) is 8.00. The van der Waals surface area contributed by atoms with Crippen LogP contribution in [-0.4, -0.2) is 118 Å². The molecule has 5 aliphatic rings. The van der Waals surface area contributed by atoms with Crippen LogP contribution in [0, 0.1) is 11.3 Å². The monoisotopic (exact) mass is 668 g/mol. The average Bonchev–Trinajstić information content (AvgIpc) is 3.40. The number of nitrogens with one attached hydrogen (secondary N) is 1. The van der Waals surface area contributed by atoms with Gasteiger partial charge >= 0.3 is 6.01 Å². The van der Waals surface area contributed by atoms with Crippen LogP contribution in [-0.2, 0) is 11.2 Å². The molecule has 4 aliphatic heterocycles. The summed E-state index contributed by atoms with van der Waals surface area (Å²) in [5.41, 5.74) is 2.52. The number of benzene rings is 1. The zero-order chi connectivity index (χ0) is 32.5. The molecule has 0 spiro atoms. The van der Waals surface area contributed by atoms with Gasteiger partial charge in [-0.25, -0.2) is 8.78 Å². The minimum atomic E-state index is -2.81. The van der Waals surface area contributed by atoms with Crippen LogP contribution in [0.1, 0.15) is 31.2 Å². The molecule has 14 heteroatoms. The number of aromatic amines is 1. The van der Waals surface area contributed by atoms with Crippen LogP contribution in [0.25, 0.3) is 33.1 Å². The van der Waals surface area contributed by atoms with Crippen molar-refractivity contribution in [1.29, 1.82) is 0 Å². The Balaban J connectivity index is 1.26. The first-order valence-corrected chi connectivity index (χ1v) is 16.7. The van der Waals surface area contributed by atoms with Gasteiger partial charge in [-0.15, -0.1) is 0 Å². The number of pyridine rings is 1. The molecular formula is C33H39ClF2N8O3. The highest BCUT2D eigenvalue weighted by atomic mass is 35.5. The lowest BCUT2D eigenvalue weighted by Gasteiger charge is -2.40. The van der Waals surface area contributed by atoms with E-state index in [9.17, 15) is 13.9 Å². The lowest BCUT2D eigenvalue weighted by Crippen LogP contribution is -2.52. The molecule has 1 unspecified atom stereocenters. The van der Waals surface area contributed by atoms with Gasteiger partial charge in [0.05, 0.1) is 40.3 Å². The van der Waals surface area contributed by atoms with Crippen molar-refractivity contribution < 1.29 is 23.4 Å². The van der Waals surface area contributed by atoms with Crippen LogP contribution in [0.5, 0.6) is 6.01 Å². The molecular weight excluding hydrogens is 630 g/mol. The Morgan fingerprint density at radius 3 is 2.81 bits per heavy atom. The van der Waals surface area contributed by atoms with Crippen molar-refractivity contribution in [2.75, 3.05) is 65.0 Å². The van der Waals surface area contributed by atoms with E-state index in [1.54, 1.807) is 31.4 Å². The van der Waals surface area contributed by atoms with Crippen molar-refractivity contribution in [1.82, 2.24) is 34.9 Å². The summed E-state index contributed by atoms with van der Waals surface area (Å²) >= 11 is 6.87. The maximum absolute atomic E-state index is 14.7. The second-order valence-electron chi connectivity index (χ2n) is 13.9. The average molecular weight is 669 g/mol. The summed E-state index contributed by atoms with van der Waals surface area (Å²) in [6, 6.07) is 3.95. The first kappa shape index (κ1) is 31.1. The number of fused-ring (bicyclic) bond motifs is 7. The van der Waals surface area contributed by atoms with E-state index in [0.29, 0.717) is 54.0 Å². The molecule has 6 bridgehead atoms. The first-order chi connectivity index (χ1) is 22.6. The number of aliphatic hydroxyl groups is 1. The summed E-state index contributed by atoms with van der Waals surface area (Å²) in [6.45, 7) is 2.89. The van der Waals surface area contributed by atoms with E-state index >= 15 is 0 Å². The molecule has 1 saturated carbocycles. The fraction of sp³-hybridized carbons (Fsp3) is 0.576. The number of H-pyrrole nitrogens is 1. The van der Waals surface area contributed by atoms with Crippen LogP contribution >= 0.6 is 11.6 Å². The van der Waals surface area contributed by atoms with E-state index in [4.69, 9.17) is 36.0 Å². The third-order valence-corrected chi connectivity index (χ3v) is 10.8. The Morgan fingerprint density at radius 1 is 1.17 bits per heavy atom. The molecule has 47 heavy (non-hydrogen) atoms. The molecule has 1 aliphatic carbocycles. The largest absolute Gasteiger partial charge is 0.463 e. The highest BCUT2D eigenvalue weighted by molar-refractivity contribution is 6.33. The minimum absolute atomic E-state index is 0.0574. The van der Waals surface area contributed by atoms with E-state index < -0.39 is 17.6 Å². The number of aliphatic hydroxyl groups excluding tert-OH is 1. The number of alkyl halides is 2. The van der Waals surface area contributed by atoms with Crippen molar-refractivity contribution in [3.63, 3.8) is 0 Å². The van der Waals surface area contributed by atoms with Gasteiger partial charge in [0.1, 0.15) is 18.7 Å². The number of piperidine rings is 1. The maximum atomic E-state index is 14.7. The molecule has 3 aromatic heterocycles. The molecule has 4 aromatic rings. The van der Waals surface area contributed by atoms with E-state index in [1.807, 2.05) is 12.1 Å². The molecule has 2 saturated heterocycles. The second-order valence-corrected chi connectivity index (χ2v) is 14.3. The number of ether oxygens (including phenoxy) is 2. The molecule has 1 aromatic carbocycles. The van der Waals surface area contributed by atoms with Gasteiger partial charge in [-0.3, -0.25) is 15.0 Å². The number of halogens is 3. The molecule has 7 heterocycles. The van der Waals surface area contributed by atoms with Crippen LogP contribution in [0.2, 0.25) is 5.02 Å². The van der Waals surface area contributed by atoms with Crippen molar-refractivity contribution >= 4 is 39.2 Å². The summed E-state index contributed by atoms with van der Waals surface area (Å²) in [6.07, 6.45) is 5.87. The van der Waals surface area contributed by atoms with Gasteiger partial charge in [0.25, 0.3) is 5.92 Å². The highest BCUT2D eigenvalue weighted by Gasteiger charge is 2.71. The first-order valence-electron chi connectivity index (χ1n) is 16.4. The zero-order valence-electron chi connectivity index (χ0n) is 26.6. The van der Waals surface area contributed by atoms with Gasteiger partial charge in [0.15, 0.2) is 0 Å². The van der Waals surface area contributed by atoms with Crippen molar-refractivity contribution in [2.45, 2.75) is 50.3 Å². The standard InChI is InChI=1S/C33H39ClF2N8O3/c1-42(2)17-32(16-33(32,35)36)18-47-31-39-24-11-26-29-20(23(34)10-25-21(29)13-38-41-25)4-3-9-46-15-28(45)44-8-6-19-5-7-43(14-27(19)44)30(40-31)22(24)12-37-26/h10-13,19,27-28,45H,3-9,14-18H2,1-2H3,(H,38,41)/t19-,27-,28?,32+/m0/s1. The van der Waals surface area contributed by atoms with Crippen molar-refractivity contribution in [3.05, 3.63) is 35.1 Å². The number of rotatable bonds is 5. The molecule has 0 amide bonds. The van der Waals surface area contributed by atoms with Crippen LogP contribution < -0.4 is 9.64 Å². The number of nitrogens with zero attached hydrogens (tertiary/aromatic N) is 7. The third kappa shape index (κ3) is 5.49. The lowest BCUT2D eigenvalue weighted by atomic mass is 9.92. The normalized spacial score (nSPS) is 27.6. The Labute approximate surface area is 276 Å². The quantitative estimate of drug-likeness (QED) is 0.318. The predicted octanol–water partition coefficient (Wildman–Crippen LogP) is 4.37. The Morgan fingerprint density at radius 2 is 2.00 bits per heavy atom. The minimum Gasteiger partial charge on any atom is -0.463 e. The van der Waals surface area contributed by atoms with Gasteiger partial charge in [-0.05, 0) is 63.4 Å². The summed E-state index contributed by atoms with van der Waals surface area (Å²) < 4.78 is 41.4. The summed E-state index contributed by atoms with van der Waals surface area (Å²) in [5.74, 6) is -1.71. The van der Waals surface area contributed by atoms with Crippen molar-refractivity contribution in [3.8, 4) is 17.3 Å². The van der Waals surface area contributed by atoms with E-state index in [1.165, 1.54) is 0 Å². The number of aromatic nitrogens is 5. The van der Waals surface area contributed by atoms with Gasteiger partial charge in [-0.2, -0.15) is 15.1 Å². The summed E-state index contributed by atoms with van der Waals surface area (Å²) in [4.78, 5) is 20.7. The van der Waals surface area contributed by atoms with Gasteiger partial charge in [0.2, 0.25) is 0 Å². The van der Waals surface area contributed by atoms with Crippen LogP contribution in [0.4, 0.5) is 14.6 Å². The zero-order valence-corrected chi connectivity index (χ0v) is 27.3. The summed E-state index contributed by atoms with van der Waals surface area (Å²) in [7, 11) is 3.58. The predicted molar refractivity (Wildman–Crippen MR) is 174 cm³/mol. The number of hydrogen-bond donors (Lipinski definition) is 2. The van der Waals surface area contributed by atoms with E-state index in [-0.39, 0.29) is 38.2 Å². The molecule has 2 N–H and O–H groups in total. The maximum Gasteiger partial charge on any atom is 0.318 e. The molecule has 3 fully saturated rings. The molecule has 4 atom stereocenters. The topological polar surface area (TPSA) is 116 Å². The van der Waals surface area contributed by atoms with Gasteiger partial charge < -0.3 is 24.4 Å². The number of anilines is 1.